The number of nitrogens with zero attached hydrogens (tertiary/aromatic N) is 1. The molecule has 1 spiro atoms. The topological polar surface area (TPSA) is 34.2 Å². The third-order valence-corrected chi connectivity index (χ3v) is 7.72. The van der Waals surface area contributed by atoms with Gasteiger partial charge >= 0.3 is 0 Å². The van der Waals surface area contributed by atoms with Crippen LogP contribution < -0.4 is 5.32 Å². The van der Waals surface area contributed by atoms with Crippen LogP contribution in [0.4, 0.5) is 0 Å². The maximum Gasteiger partial charge on any atom is 0.0691 e. The molecule has 29 heavy (non-hydrogen) atoms. The summed E-state index contributed by atoms with van der Waals surface area (Å²) in [7, 11) is 0. The Hall–Kier alpha value is -1.42. The molecule has 3 fully saturated rings. The van der Waals surface area contributed by atoms with Crippen molar-refractivity contribution < 1.29 is 4.74 Å². The van der Waals surface area contributed by atoms with Gasteiger partial charge in [-0.05, 0) is 74.9 Å². The fraction of sp³-hybridized carbons (Fsp3) is 0.560. The van der Waals surface area contributed by atoms with Crippen LogP contribution in [-0.2, 0) is 10.2 Å². The SMILES string of the molecule is Clc1ccc([C@@H]2CC2NCC[C@]2(c3ccccn3)CCOC3(CCCC3)C2)cc1. The van der Waals surface area contributed by atoms with E-state index in [1.807, 2.05) is 24.4 Å². The molecule has 0 radical (unpaired) electrons. The normalized spacial score (nSPS) is 30.5. The van der Waals surface area contributed by atoms with Gasteiger partial charge in [0.2, 0.25) is 0 Å². The number of pyridine rings is 1. The number of nitrogens with one attached hydrogen (secondary N) is 1. The first-order valence-corrected chi connectivity index (χ1v) is 11.6. The lowest BCUT2D eigenvalue weighted by atomic mass is 9.68. The van der Waals surface area contributed by atoms with Crippen LogP contribution in [0.25, 0.3) is 0 Å². The molecule has 2 aliphatic carbocycles. The summed E-state index contributed by atoms with van der Waals surface area (Å²) in [5.74, 6) is 0.633. The van der Waals surface area contributed by atoms with Crippen molar-refractivity contribution in [2.24, 2.45) is 0 Å². The highest BCUT2D eigenvalue weighted by molar-refractivity contribution is 6.30. The summed E-state index contributed by atoms with van der Waals surface area (Å²) in [5, 5.41) is 4.66. The van der Waals surface area contributed by atoms with Gasteiger partial charge < -0.3 is 10.1 Å². The van der Waals surface area contributed by atoms with Crippen molar-refractivity contribution in [3.8, 4) is 0 Å². The Morgan fingerprint density at radius 3 is 2.66 bits per heavy atom. The van der Waals surface area contributed by atoms with Gasteiger partial charge in [-0.25, -0.2) is 0 Å². The van der Waals surface area contributed by atoms with Gasteiger partial charge in [0.05, 0.1) is 5.60 Å². The zero-order valence-electron chi connectivity index (χ0n) is 17.1. The van der Waals surface area contributed by atoms with Crippen LogP contribution in [0.15, 0.2) is 48.7 Å². The molecule has 154 valence electrons. The third-order valence-electron chi connectivity index (χ3n) is 7.47. The van der Waals surface area contributed by atoms with Crippen molar-refractivity contribution in [3.05, 3.63) is 64.9 Å². The molecule has 2 aromatic rings. The Balaban J connectivity index is 1.26. The van der Waals surface area contributed by atoms with Gasteiger partial charge in [-0.1, -0.05) is 42.6 Å². The zero-order chi connectivity index (χ0) is 19.7. The lowest BCUT2D eigenvalue weighted by Gasteiger charge is -2.46. The highest BCUT2D eigenvalue weighted by Crippen LogP contribution is 2.50. The number of rotatable bonds is 6. The fourth-order valence-electron chi connectivity index (χ4n) is 5.79. The van der Waals surface area contributed by atoms with Crippen LogP contribution in [0.2, 0.25) is 5.02 Å². The van der Waals surface area contributed by atoms with Crippen LogP contribution in [0.3, 0.4) is 0 Å². The van der Waals surface area contributed by atoms with E-state index in [0.717, 1.165) is 37.4 Å². The second-order valence-corrected chi connectivity index (χ2v) is 9.80. The van der Waals surface area contributed by atoms with Gasteiger partial charge in [0.25, 0.3) is 0 Å². The van der Waals surface area contributed by atoms with Crippen LogP contribution >= 0.6 is 11.6 Å². The number of hydrogen-bond acceptors (Lipinski definition) is 3. The van der Waals surface area contributed by atoms with Crippen LogP contribution in [0, 0.1) is 0 Å². The molecule has 1 unspecified atom stereocenters. The zero-order valence-corrected chi connectivity index (χ0v) is 17.8. The largest absolute Gasteiger partial charge is 0.375 e. The van der Waals surface area contributed by atoms with Crippen molar-refractivity contribution >= 4 is 11.6 Å². The lowest BCUT2D eigenvalue weighted by Crippen LogP contribution is -2.47. The summed E-state index contributed by atoms with van der Waals surface area (Å²) in [6, 6.07) is 15.4. The van der Waals surface area contributed by atoms with E-state index < -0.39 is 0 Å². The molecule has 3 nitrogen and oxygen atoms in total. The Labute approximate surface area is 179 Å². The Kier molecular flexibility index (Phi) is 5.40. The second-order valence-electron chi connectivity index (χ2n) is 9.37. The van der Waals surface area contributed by atoms with E-state index in [0.29, 0.717) is 12.0 Å². The summed E-state index contributed by atoms with van der Waals surface area (Å²) in [6.07, 6.45) is 11.6. The summed E-state index contributed by atoms with van der Waals surface area (Å²) in [5.41, 5.74) is 2.91. The number of hydrogen-bond donors (Lipinski definition) is 1. The summed E-state index contributed by atoms with van der Waals surface area (Å²) < 4.78 is 6.37. The Morgan fingerprint density at radius 2 is 1.90 bits per heavy atom. The fourth-order valence-corrected chi connectivity index (χ4v) is 5.92. The molecule has 1 saturated heterocycles. The summed E-state index contributed by atoms with van der Waals surface area (Å²) in [4.78, 5) is 4.82. The third kappa shape index (κ3) is 4.10. The molecular weight excluding hydrogens is 380 g/mol. The standard InChI is InChI=1S/C25H31ClN2O/c26-20-8-6-19(7-9-20)21-17-22(21)27-15-12-24(23-5-1-4-14-28-23)13-16-29-25(18-24)10-2-3-11-25/h1,4-9,14,21-22,27H,2-3,10-13,15-18H2/t21-,22?,24-/m0/s1. The molecule has 3 aliphatic rings. The van der Waals surface area contributed by atoms with Gasteiger partial charge in [0.15, 0.2) is 0 Å². The second kappa shape index (κ2) is 8.02. The van der Waals surface area contributed by atoms with E-state index in [1.54, 1.807) is 0 Å². The van der Waals surface area contributed by atoms with Crippen molar-refractivity contribution in [2.75, 3.05) is 13.2 Å². The molecule has 0 amide bonds. The van der Waals surface area contributed by atoms with Gasteiger partial charge in [-0.15, -0.1) is 0 Å². The van der Waals surface area contributed by atoms with Crippen molar-refractivity contribution in [2.45, 2.75) is 74.3 Å². The predicted molar refractivity (Wildman–Crippen MR) is 118 cm³/mol. The van der Waals surface area contributed by atoms with E-state index in [9.17, 15) is 0 Å². The maximum atomic E-state index is 6.37. The van der Waals surface area contributed by atoms with Crippen molar-refractivity contribution in [1.29, 1.82) is 0 Å². The van der Waals surface area contributed by atoms with E-state index >= 15 is 0 Å². The van der Waals surface area contributed by atoms with Gasteiger partial charge in [0.1, 0.15) is 0 Å². The molecule has 2 saturated carbocycles. The average molecular weight is 411 g/mol. The number of benzene rings is 1. The Bertz CT molecular complexity index is 818. The first-order valence-electron chi connectivity index (χ1n) is 11.2. The van der Waals surface area contributed by atoms with E-state index in [-0.39, 0.29) is 11.0 Å². The molecule has 1 N–H and O–H groups in total. The van der Waals surface area contributed by atoms with Gasteiger partial charge in [0, 0.05) is 40.9 Å². The minimum absolute atomic E-state index is 0.0984. The maximum absolute atomic E-state index is 6.37. The number of aromatic nitrogens is 1. The lowest BCUT2D eigenvalue weighted by molar-refractivity contribution is -0.104. The smallest absolute Gasteiger partial charge is 0.0691 e. The summed E-state index contributed by atoms with van der Waals surface area (Å²) in [6.45, 7) is 1.91. The predicted octanol–water partition coefficient (Wildman–Crippen LogP) is 5.63. The number of ether oxygens (including phenoxy) is 1. The minimum atomic E-state index is 0.0984. The van der Waals surface area contributed by atoms with Gasteiger partial charge in [-0.2, -0.15) is 0 Å². The highest BCUT2D eigenvalue weighted by atomic mass is 35.5. The molecule has 5 rings (SSSR count). The van der Waals surface area contributed by atoms with E-state index in [4.69, 9.17) is 21.3 Å². The van der Waals surface area contributed by atoms with Crippen molar-refractivity contribution in [3.63, 3.8) is 0 Å². The first kappa shape index (κ1) is 19.5. The molecule has 1 aliphatic heterocycles. The van der Waals surface area contributed by atoms with Crippen LogP contribution in [0.5, 0.6) is 0 Å². The molecule has 2 heterocycles. The first-order chi connectivity index (χ1) is 14.2. The molecular formula is C25H31ClN2O. The minimum Gasteiger partial charge on any atom is -0.375 e. The monoisotopic (exact) mass is 410 g/mol. The van der Waals surface area contributed by atoms with Crippen molar-refractivity contribution in [1.82, 2.24) is 10.3 Å². The van der Waals surface area contributed by atoms with Crippen LogP contribution in [-0.4, -0.2) is 29.8 Å². The highest BCUT2D eigenvalue weighted by Gasteiger charge is 2.48. The average Bonchev–Trinajstić information content (AvgIpc) is 3.39. The Morgan fingerprint density at radius 1 is 1.07 bits per heavy atom. The van der Waals surface area contributed by atoms with E-state index in [2.05, 4.69) is 29.6 Å². The summed E-state index contributed by atoms with van der Waals surface area (Å²) >= 11 is 6.04. The molecule has 1 aromatic carbocycles. The van der Waals surface area contributed by atoms with E-state index in [1.165, 1.54) is 43.4 Å². The molecule has 3 atom stereocenters. The molecule has 0 bridgehead atoms. The number of halogens is 1. The van der Waals surface area contributed by atoms with Crippen LogP contribution in [0.1, 0.15) is 68.5 Å². The molecule has 4 heteroatoms. The van der Waals surface area contributed by atoms with Gasteiger partial charge in [-0.3, -0.25) is 4.98 Å². The molecule has 1 aromatic heterocycles. The quantitative estimate of drug-likeness (QED) is 0.669.